The number of carbonyl (C=O) groups excluding carboxylic acids is 1. The summed E-state index contributed by atoms with van der Waals surface area (Å²) in [6, 6.07) is 3.76. The molecule has 6 nitrogen and oxygen atoms in total. The first-order valence-corrected chi connectivity index (χ1v) is 12.6. The summed E-state index contributed by atoms with van der Waals surface area (Å²) in [6.45, 7) is 12.7. The van der Waals surface area contributed by atoms with Crippen LogP contribution in [0.3, 0.4) is 0 Å². The van der Waals surface area contributed by atoms with E-state index < -0.39 is 11.7 Å². The van der Waals surface area contributed by atoms with Crippen LogP contribution in [0.5, 0.6) is 0 Å². The van der Waals surface area contributed by atoms with Crippen LogP contribution in [0.2, 0.25) is 5.02 Å². The highest BCUT2D eigenvalue weighted by Gasteiger charge is 2.53. The second kappa shape index (κ2) is 9.93. The second-order valence-corrected chi connectivity index (χ2v) is 10.6. The summed E-state index contributed by atoms with van der Waals surface area (Å²) in [7, 11) is 0. The smallest absolute Gasteiger partial charge is 0.303 e. The van der Waals surface area contributed by atoms with Crippen molar-refractivity contribution in [3.05, 3.63) is 41.4 Å². The Hall–Kier alpha value is -1.63. The molecule has 0 spiro atoms. The summed E-state index contributed by atoms with van der Waals surface area (Å²) in [5.41, 5.74) is 0.0811. The van der Waals surface area contributed by atoms with Crippen LogP contribution in [-0.2, 0) is 9.53 Å². The van der Waals surface area contributed by atoms with E-state index in [1.54, 1.807) is 6.20 Å². The Labute approximate surface area is 202 Å². The molecule has 1 aromatic heterocycles. The van der Waals surface area contributed by atoms with Gasteiger partial charge in [0.1, 0.15) is 11.9 Å². The molecular formula is C26H37ClN3O3. The average Bonchev–Trinajstić information content (AvgIpc) is 2.77. The van der Waals surface area contributed by atoms with Crippen molar-refractivity contribution in [2.24, 2.45) is 23.7 Å². The van der Waals surface area contributed by atoms with Crippen molar-refractivity contribution in [1.82, 2.24) is 9.88 Å². The van der Waals surface area contributed by atoms with Gasteiger partial charge < -0.3 is 14.7 Å². The number of aliphatic hydroxyl groups is 1. The Kier molecular flexibility index (Phi) is 7.37. The summed E-state index contributed by atoms with van der Waals surface area (Å²) in [5.74, 6) is 1.59. The van der Waals surface area contributed by atoms with Crippen LogP contribution >= 0.6 is 11.6 Å². The van der Waals surface area contributed by atoms with Gasteiger partial charge in [-0.15, -0.1) is 0 Å². The number of carbonyl (C=O) groups is 1. The SMILES string of the molecule is CC(=O)O[C@@H]1[CH][C@@]2(O)[C@H](C)CC[C@@H](C(C)CN3CCN(c4ncccc4Cl)CC3)[C@H]2C=C1C. The summed E-state index contributed by atoms with van der Waals surface area (Å²) in [6.07, 6.45) is 7.52. The zero-order valence-corrected chi connectivity index (χ0v) is 21.0. The first-order chi connectivity index (χ1) is 15.7. The second-order valence-electron chi connectivity index (χ2n) is 10.2. The Morgan fingerprint density at radius 2 is 2.06 bits per heavy atom. The molecule has 7 heteroatoms. The van der Waals surface area contributed by atoms with Gasteiger partial charge in [-0.3, -0.25) is 9.69 Å². The number of anilines is 1. The Bertz CT molecular complexity index is 885. The molecular weight excluding hydrogens is 438 g/mol. The van der Waals surface area contributed by atoms with E-state index in [4.69, 9.17) is 16.3 Å². The summed E-state index contributed by atoms with van der Waals surface area (Å²) < 4.78 is 5.49. The molecule has 1 saturated heterocycles. The van der Waals surface area contributed by atoms with E-state index >= 15 is 0 Å². The minimum atomic E-state index is -0.939. The highest BCUT2D eigenvalue weighted by atomic mass is 35.5. The number of piperazine rings is 1. The zero-order chi connectivity index (χ0) is 23.8. The van der Waals surface area contributed by atoms with Crippen molar-refractivity contribution < 1.29 is 14.6 Å². The third-order valence-corrected chi connectivity index (χ3v) is 8.30. The van der Waals surface area contributed by atoms with Gasteiger partial charge in [-0.2, -0.15) is 0 Å². The highest BCUT2D eigenvalue weighted by molar-refractivity contribution is 6.32. The highest BCUT2D eigenvalue weighted by Crippen LogP contribution is 2.50. The van der Waals surface area contributed by atoms with Crippen molar-refractivity contribution >= 4 is 23.4 Å². The van der Waals surface area contributed by atoms with E-state index in [1.807, 2.05) is 25.5 Å². The van der Waals surface area contributed by atoms with Gasteiger partial charge in [-0.1, -0.05) is 31.5 Å². The molecule has 1 radical (unpaired) electrons. The monoisotopic (exact) mass is 474 g/mol. The third-order valence-electron chi connectivity index (χ3n) is 8.01. The van der Waals surface area contributed by atoms with E-state index in [9.17, 15) is 9.90 Å². The third kappa shape index (κ3) is 5.08. The van der Waals surface area contributed by atoms with E-state index in [2.05, 4.69) is 34.7 Å². The number of halogens is 1. The van der Waals surface area contributed by atoms with Gasteiger partial charge in [-0.25, -0.2) is 4.98 Å². The largest absolute Gasteiger partial charge is 0.458 e. The normalized spacial score (nSPS) is 33.8. The lowest BCUT2D eigenvalue weighted by Gasteiger charge is -2.53. The molecule has 0 amide bonds. The fourth-order valence-electron chi connectivity index (χ4n) is 6.05. The predicted molar refractivity (Wildman–Crippen MR) is 131 cm³/mol. The lowest BCUT2D eigenvalue weighted by molar-refractivity contribution is -0.148. The molecule has 2 fully saturated rings. The molecule has 3 aliphatic rings. The van der Waals surface area contributed by atoms with Gasteiger partial charge in [0.2, 0.25) is 0 Å². The molecule has 6 atom stereocenters. The molecule has 1 unspecified atom stereocenters. The van der Waals surface area contributed by atoms with Gasteiger partial charge in [0, 0.05) is 58.2 Å². The van der Waals surface area contributed by atoms with Gasteiger partial charge in [0.25, 0.3) is 0 Å². The quantitative estimate of drug-likeness (QED) is 0.514. The molecule has 1 aromatic rings. The van der Waals surface area contributed by atoms with Crippen molar-refractivity contribution in [3.63, 3.8) is 0 Å². The number of esters is 1. The first-order valence-electron chi connectivity index (χ1n) is 12.2. The first kappa shape index (κ1) is 24.5. The molecule has 181 valence electrons. The molecule has 4 rings (SSSR count). The summed E-state index contributed by atoms with van der Waals surface area (Å²) in [4.78, 5) is 20.8. The maximum atomic E-state index is 11.7. The molecule has 1 N–H and O–H groups in total. The number of pyridine rings is 1. The van der Waals surface area contributed by atoms with Crippen LogP contribution in [0.1, 0.15) is 40.5 Å². The van der Waals surface area contributed by atoms with Gasteiger partial charge in [0.05, 0.1) is 10.6 Å². The van der Waals surface area contributed by atoms with Gasteiger partial charge in [-0.05, 0) is 55.2 Å². The van der Waals surface area contributed by atoms with E-state index in [-0.39, 0.29) is 17.8 Å². The molecule has 0 bridgehead atoms. The molecule has 1 aliphatic heterocycles. The van der Waals surface area contributed by atoms with Crippen LogP contribution in [0.4, 0.5) is 5.82 Å². The number of fused-ring (bicyclic) bond motifs is 1. The summed E-state index contributed by atoms with van der Waals surface area (Å²) in [5, 5.41) is 12.4. The Morgan fingerprint density at radius 1 is 1.33 bits per heavy atom. The number of ether oxygens (including phenoxy) is 1. The summed E-state index contributed by atoms with van der Waals surface area (Å²) >= 11 is 6.34. The zero-order valence-electron chi connectivity index (χ0n) is 20.2. The Balaban J connectivity index is 1.41. The van der Waals surface area contributed by atoms with Crippen molar-refractivity contribution in [2.45, 2.75) is 52.2 Å². The molecule has 1 saturated carbocycles. The number of hydrogen-bond acceptors (Lipinski definition) is 6. The minimum Gasteiger partial charge on any atom is -0.458 e. The topological polar surface area (TPSA) is 65.9 Å². The lowest BCUT2D eigenvalue weighted by Crippen LogP contribution is -2.57. The number of rotatable bonds is 5. The van der Waals surface area contributed by atoms with Crippen molar-refractivity contribution in [2.75, 3.05) is 37.6 Å². The fraction of sp³-hybridized carbons (Fsp3) is 0.654. The Morgan fingerprint density at radius 3 is 2.73 bits per heavy atom. The van der Waals surface area contributed by atoms with Crippen molar-refractivity contribution in [1.29, 1.82) is 0 Å². The van der Waals surface area contributed by atoms with Gasteiger partial charge >= 0.3 is 5.97 Å². The standard InChI is InChI=1S/C26H37ClN3O3/c1-17-14-22-21(8-7-19(3)26(22,32)15-24(17)33-20(4)31)18(2)16-29-10-12-30(13-11-29)25-23(27)6-5-9-28-25/h5-6,9,14-15,18-19,21-22,24,32H,7-8,10-13,16H2,1-4H3/t18?,19-,21+,22-,24-,26-/m1/s1. The van der Waals surface area contributed by atoms with E-state index in [0.29, 0.717) is 16.9 Å². The van der Waals surface area contributed by atoms with Crippen LogP contribution in [0.25, 0.3) is 0 Å². The minimum absolute atomic E-state index is 0.0525. The van der Waals surface area contributed by atoms with Crippen LogP contribution in [-0.4, -0.2) is 65.4 Å². The molecule has 2 heterocycles. The molecule has 33 heavy (non-hydrogen) atoms. The number of nitrogens with zero attached hydrogens (tertiary/aromatic N) is 3. The number of hydrogen-bond donors (Lipinski definition) is 1. The van der Waals surface area contributed by atoms with E-state index in [0.717, 1.165) is 57.0 Å². The van der Waals surface area contributed by atoms with E-state index in [1.165, 1.54) is 6.92 Å². The van der Waals surface area contributed by atoms with Crippen molar-refractivity contribution in [3.8, 4) is 0 Å². The van der Waals surface area contributed by atoms with Crippen LogP contribution < -0.4 is 4.90 Å². The molecule has 2 aliphatic carbocycles. The van der Waals surface area contributed by atoms with Crippen LogP contribution in [0, 0.1) is 30.1 Å². The van der Waals surface area contributed by atoms with Crippen LogP contribution in [0.15, 0.2) is 30.0 Å². The predicted octanol–water partition coefficient (Wildman–Crippen LogP) is 3.98. The maximum Gasteiger partial charge on any atom is 0.303 e. The lowest BCUT2D eigenvalue weighted by atomic mass is 9.57. The number of aromatic nitrogens is 1. The van der Waals surface area contributed by atoms with Gasteiger partial charge in [0.15, 0.2) is 0 Å². The average molecular weight is 475 g/mol. The molecule has 0 aromatic carbocycles. The maximum absolute atomic E-state index is 11.7. The fourth-order valence-corrected chi connectivity index (χ4v) is 6.29.